The van der Waals surface area contributed by atoms with Crippen LogP contribution in [0.3, 0.4) is 0 Å². The highest BCUT2D eigenvalue weighted by molar-refractivity contribution is 8.76. The first-order valence-corrected chi connectivity index (χ1v) is 11.1. The average molecular weight is 364 g/mol. The molecule has 1 amide bonds. The Bertz CT molecular complexity index is 562. The molecule has 0 bridgehead atoms. The predicted molar refractivity (Wildman–Crippen MR) is 109 cm³/mol. The van der Waals surface area contributed by atoms with Crippen molar-refractivity contribution in [2.24, 2.45) is 0 Å². The molecule has 1 aliphatic heterocycles. The number of amides is 1. The molecule has 2 nitrogen and oxygen atoms in total. The SMILES string of the molecule is CC.CCC#CCNC(=O)CCCC1SSC(C)c2ccccc21. The van der Waals surface area contributed by atoms with Crippen LogP contribution in [0.5, 0.6) is 0 Å². The molecule has 1 aliphatic rings. The molecule has 24 heavy (non-hydrogen) atoms. The Hall–Kier alpha value is -1.05. The van der Waals surface area contributed by atoms with Crippen molar-refractivity contribution in [3.63, 3.8) is 0 Å². The Morgan fingerprint density at radius 2 is 1.88 bits per heavy atom. The first-order chi connectivity index (χ1) is 11.7. The molecule has 0 aromatic heterocycles. The van der Waals surface area contributed by atoms with E-state index in [0.717, 1.165) is 19.3 Å². The summed E-state index contributed by atoms with van der Waals surface area (Å²) in [5.74, 6) is 6.00. The van der Waals surface area contributed by atoms with Crippen molar-refractivity contribution in [2.75, 3.05) is 6.54 Å². The van der Waals surface area contributed by atoms with Crippen molar-refractivity contribution in [3.8, 4) is 11.8 Å². The number of carbonyl (C=O) groups excluding carboxylic acids is 1. The molecule has 1 N–H and O–H groups in total. The van der Waals surface area contributed by atoms with Gasteiger partial charge in [-0.2, -0.15) is 0 Å². The zero-order valence-corrected chi connectivity index (χ0v) is 16.9. The molecule has 0 fully saturated rings. The quantitative estimate of drug-likeness (QED) is 0.521. The minimum absolute atomic E-state index is 0.112. The molecule has 0 radical (unpaired) electrons. The van der Waals surface area contributed by atoms with Gasteiger partial charge in [0.2, 0.25) is 5.91 Å². The van der Waals surface area contributed by atoms with Crippen LogP contribution in [0.2, 0.25) is 0 Å². The maximum absolute atomic E-state index is 11.8. The molecule has 0 spiro atoms. The van der Waals surface area contributed by atoms with Gasteiger partial charge in [0.1, 0.15) is 0 Å². The van der Waals surface area contributed by atoms with Gasteiger partial charge >= 0.3 is 0 Å². The molecular weight excluding hydrogens is 334 g/mol. The van der Waals surface area contributed by atoms with Crippen LogP contribution in [0.25, 0.3) is 0 Å². The summed E-state index contributed by atoms with van der Waals surface area (Å²) < 4.78 is 0. The molecule has 0 saturated carbocycles. The zero-order chi connectivity index (χ0) is 17.8. The van der Waals surface area contributed by atoms with Gasteiger partial charge in [0.25, 0.3) is 0 Å². The topological polar surface area (TPSA) is 29.1 Å². The van der Waals surface area contributed by atoms with Gasteiger partial charge in [0.05, 0.1) is 6.54 Å². The third-order valence-electron chi connectivity index (χ3n) is 3.64. The lowest BCUT2D eigenvalue weighted by molar-refractivity contribution is -0.120. The number of carbonyl (C=O) groups is 1. The number of nitrogens with one attached hydrogen (secondary N) is 1. The van der Waals surface area contributed by atoms with E-state index in [4.69, 9.17) is 0 Å². The smallest absolute Gasteiger partial charge is 0.220 e. The summed E-state index contributed by atoms with van der Waals surface area (Å²) in [7, 11) is 3.90. The van der Waals surface area contributed by atoms with E-state index >= 15 is 0 Å². The van der Waals surface area contributed by atoms with Crippen LogP contribution < -0.4 is 5.32 Å². The van der Waals surface area contributed by atoms with E-state index in [1.807, 2.05) is 42.4 Å². The Balaban J connectivity index is 0.00000139. The third-order valence-corrected chi connectivity index (χ3v) is 6.91. The third kappa shape index (κ3) is 6.83. The highest BCUT2D eigenvalue weighted by Gasteiger charge is 2.25. The van der Waals surface area contributed by atoms with Gasteiger partial charge in [-0.3, -0.25) is 4.79 Å². The van der Waals surface area contributed by atoms with Crippen molar-refractivity contribution >= 4 is 27.5 Å². The van der Waals surface area contributed by atoms with Crippen LogP contribution in [-0.4, -0.2) is 12.5 Å². The molecule has 2 rings (SSSR count). The van der Waals surface area contributed by atoms with Crippen molar-refractivity contribution in [3.05, 3.63) is 35.4 Å². The van der Waals surface area contributed by atoms with Gasteiger partial charge in [-0.05, 0) is 30.9 Å². The standard InChI is InChI=1S/C18H23NOS2.C2H6/c1-3-4-7-13-19-18(20)12-8-11-17-16-10-6-5-9-15(16)14(2)21-22-17;1-2/h5-6,9-10,14,17H,3,8,11-13H2,1-2H3,(H,19,20);1-2H3. The Morgan fingerprint density at radius 3 is 2.58 bits per heavy atom. The molecule has 1 aromatic carbocycles. The van der Waals surface area contributed by atoms with Crippen LogP contribution in [0.15, 0.2) is 24.3 Å². The highest BCUT2D eigenvalue weighted by Crippen LogP contribution is 2.54. The number of hydrogen-bond donors (Lipinski definition) is 1. The number of benzene rings is 1. The number of rotatable bonds is 5. The minimum Gasteiger partial charge on any atom is -0.345 e. The summed E-state index contributed by atoms with van der Waals surface area (Å²) in [6.45, 7) is 8.74. The lowest BCUT2D eigenvalue weighted by Crippen LogP contribution is -2.23. The summed E-state index contributed by atoms with van der Waals surface area (Å²) in [4.78, 5) is 11.8. The van der Waals surface area contributed by atoms with Crippen molar-refractivity contribution < 1.29 is 4.79 Å². The van der Waals surface area contributed by atoms with Gasteiger partial charge in [0.15, 0.2) is 0 Å². The molecule has 132 valence electrons. The fourth-order valence-corrected chi connectivity index (χ4v) is 5.51. The molecular formula is C20H29NOS2. The molecule has 4 heteroatoms. The first kappa shape index (κ1) is 21.0. The van der Waals surface area contributed by atoms with Crippen LogP contribution >= 0.6 is 21.6 Å². The van der Waals surface area contributed by atoms with Crippen LogP contribution in [-0.2, 0) is 4.79 Å². The monoisotopic (exact) mass is 363 g/mol. The van der Waals surface area contributed by atoms with E-state index in [1.54, 1.807) is 0 Å². The maximum Gasteiger partial charge on any atom is 0.220 e. The van der Waals surface area contributed by atoms with Gasteiger partial charge in [-0.1, -0.05) is 72.5 Å². The summed E-state index contributed by atoms with van der Waals surface area (Å²) >= 11 is 0. The minimum atomic E-state index is 0.112. The summed E-state index contributed by atoms with van der Waals surface area (Å²) in [5.41, 5.74) is 2.91. The van der Waals surface area contributed by atoms with E-state index in [9.17, 15) is 4.79 Å². The summed E-state index contributed by atoms with van der Waals surface area (Å²) in [6.07, 6.45) is 3.40. The van der Waals surface area contributed by atoms with Crippen LogP contribution in [0, 0.1) is 11.8 Å². The van der Waals surface area contributed by atoms with E-state index in [0.29, 0.717) is 23.5 Å². The molecule has 2 unspecified atom stereocenters. The maximum atomic E-state index is 11.8. The second kappa shape index (κ2) is 12.3. The van der Waals surface area contributed by atoms with Crippen molar-refractivity contribution in [1.29, 1.82) is 0 Å². The molecule has 1 aromatic rings. The fourth-order valence-electron chi connectivity index (χ4n) is 2.50. The van der Waals surface area contributed by atoms with Crippen molar-refractivity contribution in [1.82, 2.24) is 5.32 Å². The van der Waals surface area contributed by atoms with Gasteiger partial charge in [0, 0.05) is 23.3 Å². The molecule has 0 saturated heterocycles. The Kier molecular flexibility index (Phi) is 10.8. The lowest BCUT2D eigenvalue weighted by Gasteiger charge is -2.28. The van der Waals surface area contributed by atoms with E-state index in [2.05, 4.69) is 48.3 Å². The lowest BCUT2D eigenvalue weighted by atomic mass is 9.98. The van der Waals surface area contributed by atoms with Gasteiger partial charge in [-0.15, -0.1) is 5.92 Å². The normalized spacial score (nSPS) is 18.3. The van der Waals surface area contributed by atoms with Crippen LogP contribution in [0.1, 0.15) is 75.0 Å². The number of fused-ring (bicyclic) bond motifs is 1. The van der Waals surface area contributed by atoms with Crippen molar-refractivity contribution in [2.45, 2.75) is 63.9 Å². The molecule has 0 aliphatic carbocycles. The van der Waals surface area contributed by atoms with Gasteiger partial charge < -0.3 is 5.32 Å². The van der Waals surface area contributed by atoms with E-state index in [1.165, 1.54) is 11.1 Å². The second-order valence-corrected chi connectivity index (χ2v) is 8.14. The van der Waals surface area contributed by atoms with E-state index < -0.39 is 0 Å². The highest BCUT2D eigenvalue weighted by atomic mass is 33.1. The molecule has 2 atom stereocenters. The largest absolute Gasteiger partial charge is 0.345 e. The average Bonchev–Trinajstić information content (AvgIpc) is 2.63. The first-order valence-electron chi connectivity index (χ1n) is 8.85. The summed E-state index contributed by atoms with van der Waals surface area (Å²) in [6, 6.07) is 8.71. The Labute approximate surface area is 155 Å². The van der Waals surface area contributed by atoms with Crippen LogP contribution in [0.4, 0.5) is 0 Å². The number of hydrogen-bond acceptors (Lipinski definition) is 3. The predicted octanol–water partition coefficient (Wildman–Crippen LogP) is 5.91. The Morgan fingerprint density at radius 1 is 1.17 bits per heavy atom. The summed E-state index contributed by atoms with van der Waals surface area (Å²) in [5, 5.41) is 3.92. The van der Waals surface area contributed by atoms with Gasteiger partial charge in [-0.25, -0.2) is 0 Å². The fraction of sp³-hybridized carbons (Fsp3) is 0.550. The second-order valence-electron chi connectivity index (χ2n) is 5.33. The van der Waals surface area contributed by atoms with E-state index in [-0.39, 0.29) is 5.91 Å². The zero-order valence-electron chi connectivity index (χ0n) is 15.2. The molecule has 1 heterocycles.